The molecular formula is C21H33N5O. The molecule has 6 heteroatoms. The van der Waals surface area contributed by atoms with Gasteiger partial charge in [-0.25, -0.2) is 4.99 Å². The molecule has 2 N–H and O–H groups in total. The van der Waals surface area contributed by atoms with E-state index in [9.17, 15) is 4.79 Å². The lowest BCUT2D eigenvalue weighted by Crippen LogP contribution is -2.47. The Hall–Kier alpha value is -2.08. The topological polar surface area (TPSA) is 60.0 Å². The Balaban J connectivity index is 1.62. The van der Waals surface area contributed by atoms with Crippen molar-refractivity contribution in [1.29, 1.82) is 0 Å². The molecule has 0 bridgehead atoms. The smallest absolute Gasteiger partial charge is 0.248 e. The molecule has 2 unspecified atom stereocenters. The van der Waals surface area contributed by atoms with E-state index in [1.165, 1.54) is 5.56 Å². The number of fused-ring (bicyclic) bond motifs is 1. The van der Waals surface area contributed by atoms with Crippen molar-refractivity contribution in [1.82, 2.24) is 15.5 Å². The number of nitrogens with one attached hydrogen (secondary N) is 2. The van der Waals surface area contributed by atoms with Gasteiger partial charge in [0.25, 0.3) is 0 Å². The summed E-state index contributed by atoms with van der Waals surface area (Å²) in [5.41, 5.74) is 2.28. The summed E-state index contributed by atoms with van der Waals surface area (Å²) in [4.78, 5) is 21.6. The number of likely N-dealkylation sites (tertiary alicyclic amines) is 1. The molecule has 1 aromatic rings. The van der Waals surface area contributed by atoms with Crippen molar-refractivity contribution in [2.45, 2.75) is 46.2 Å². The first kappa shape index (κ1) is 19.7. The minimum Gasteiger partial charge on any atom is -0.357 e. The zero-order valence-electron chi connectivity index (χ0n) is 17.0. The number of amides is 1. The molecule has 1 aromatic carbocycles. The molecule has 2 heterocycles. The standard InChI is InChI=1S/C21H33N5O/c1-5-22-21(24-18-14-25(15(2)3)13-16(18)4)23-12-20(27)26-11-10-17-8-6-7-9-19(17)26/h6-9,15-16,18H,5,10-14H2,1-4H3,(H2,22,23,24). The number of carbonyl (C=O) groups is 1. The van der Waals surface area contributed by atoms with Gasteiger partial charge < -0.3 is 15.5 Å². The van der Waals surface area contributed by atoms with Crippen LogP contribution in [0.2, 0.25) is 0 Å². The first-order valence-electron chi connectivity index (χ1n) is 10.2. The molecule has 0 spiro atoms. The maximum Gasteiger partial charge on any atom is 0.248 e. The quantitative estimate of drug-likeness (QED) is 0.613. The molecule has 27 heavy (non-hydrogen) atoms. The molecule has 2 atom stereocenters. The SMILES string of the molecule is CCNC(=NCC(=O)N1CCc2ccccc21)NC1CN(C(C)C)CC1C. The highest BCUT2D eigenvalue weighted by Crippen LogP contribution is 2.27. The lowest BCUT2D eigenvalue weighted by Gasteiger charge is -2.22. The van der Waals surface area contributed by atoms with Gasteiger partial charge in [0.1, 0.15) is 6.54 Å². The summed E-state index contributed by atoms with van der Waals surface area (Å²) in [5.74, 6) is 1.35. The third-order valence-electron chi connectivity index (χ3n) is 5.60. The molecule has 2 aliphatic rings. The molecule has 0 aliphatic carbocycles. The molecular weight excluding hydrogens is 338 g/mol. The Bertz CT molecular complexity index is 687. The number of hydrogen-bond donors (Lipinski definition) is 2. The van der Waals surface area contributed by atoms with Gasteiger partial charge in [0, 0.05) is 44.0 Å². The van der Waals surface area contributed by atoms with Gasteiger partial charge in [0.05, 0.1) is 0 Å². The molecule has 0 saturated carbocycles. The van der Waals surface area contributed by atoms with E-state index in [2.05, 4.69) is 47.4 Å². The predicted octanol–water partition coefficient (Wildman–Crippen LogP) is 1.86. The molecule has 0 aromatic heterocycles. The largest absolute Gasteiger partial charge is 0.357 e. The monoisotopic (exact) mass is 371 g/mol. The second-order valence-electron chi connectivity index (χ2n) is 7.90. The van der Waals surface area contributed by atoms with E-state index in [4.69, 9.17) is 0 Å². The van der Waals surface area contributed by atoms with Gasteiger partial charge in [-0.3, -0.25) is 9.69 Å². The average Bonchev–Trinajstić information content (AvgIpc) is 3.24. The van der Waals surface area contributed by atoms with Crippen molar-refractivity contribution in [3.05, 3.63) is 29.8 Å². The van der Waals surface area contributed by atoms with Gasteiger partial charge in [-0.2, -0.15) is 0 Å². The van der Waals surface area contributed by atoms with Crippen LogP contribution in [-0.4, -0.2) is 61.6 Å². The number of benzene rings is 1. The second-order valence-corrected chi connectivity index (χ2v) is 7.90. The first-order chi connectivity index (χ1) is 13.0. The van der Waals surface area contributed by atoms with Crippen molar-refractivity contribution in [2.75, 3.05) is 37.6 Å². The maximum atomic E-state index is 12.7. The summed E-state index contributed by atoms with van der Waals surface area (Å²) in [6.45, 7) is 12.6. The number of anilines is 1. The van der Waals surface area contributed by atoms with E-state index in [0.717, 1.165) is 44.2 Å². The summed E-state index contributed by atoms with van der Waals surface area (Å²) in [7, 11) is 0. The summed E-state index contributed by atoms with van der Waals surface area (Å²) < 4.78 is 0. The Morgan fingerprint density at radius 2 is 2.07 bits per heavy atom. The van der Waals surface area contributed by atoms with Crippen LogP contribution in [0.4, 0.5) is 5.69 Å². The third-order valence-corrected chi connectivity index (χ3v) is 5.60. The van der Waals surface area contributed by atoms with Crippen LogP contribution in [0.1, 0.15) is 33.3 Å². The van der Waals surface area contributed by atoms with E-state index in [1.54, 1.807) is 0 Å². The minimum absolute atomic E-state index is 0.0560. The number of nitrogens with zero attached hydrogens (tertiary/aromatic N) is 3. The Morgan fingerprint density at radius 1 is 1.30 bits per heavy atom. The van der Waals surface area contributed by atoms with Crippen molar-refractivity contribution in [2.24, 2.45) is 10.9 Å². The summed E-state index contributed by atoms with van der Waals surface area (Å²) in [6, 6.07) is 9.04. The molecule has 148 valence electrons. The van der Waals surface area contributed by atoms with Crippen molar-refractivity contribution in [3.8, 4) is 0 Å². The fourth-order valence-corrected chi connectivity index (χ4v) is 3.94. The Morgan fingerprint density at radius 3 is 2.78 bits per heavy atom. The summed E-state index contributed by atoms with van der Waals surface area (Å²) in [5, 5.41) is 6.83. The van der Waals surface area contributed by atoms with E-state index >= 15 is 0 Å². The average molecular weight is 372 g/mol. The van der Waals surface area contributed by atoms with Crippen molar-refractivity contribution < 1.29 is 4.79 Å². The molecule has 0 radical (unpaired) electrons. The molecule has 3 rings (SSSR count). The van der Waals surface area contributed by atoms with Crippen molar-refractivity contribution in [3.63, 3.8) is 0 Å². The zero-order valence-corrected chi connectivity index (χ0v) is 17.0. The van der Waals surface area contributed by atoms with E-state index in [-0.39, 0.29) is 12.5 Å². The number of para-hydroxylation sites is 1. The lowest BCUT2D eigenvalue weighted by molar-refractivity contribution is -0.117. The van der Waals surface area contributed by atoms with Gasteiger partial charge in [0.2, 0.25) is 5.91 Å². The first-order valence-corrected chi connectivity index (χ1v) is 10.2. The highest BCUT2D eigenvalue weighted by atomic mass is 16.2. The number of rotatable bonds is 5. The van der Waals surface area contributed by atoms with Crippen LogP contribution < -0.4 is 15.5 Å². The molecule has 1 amide bonds. The van der Waals surface area contributed by atoms with Gasteiger partial charge >= 0.3 is 0 Å². The fourth-order valence-electron chi connectivity index (χ4n) is 3.94. The van der Waals surface area contributed by atoms with Crippen LogP contribution in [0.15, 0.2) is 29.3 Å². The van der Waals surface area contributed by atoms with Crippen LogP contribution in [0.25, 0.3) is 0 Å². The maximum absolute atomic E-state index is 12.7. The second kappa shape index (κ2) is 8.74. The van der Waals surface area contributed by atoms with Crippen LogP contribution in [0, 0.1) is 5.92 Å². The lowest BCUT2D eigenvalue weighted by atomic mass is 10.1. The van der Waals surface area contributed by atoms with Gasteiger partial charge in [0.15, 0.2) is 5.96 Å². The molecule has 6 nitrogen and oxygen atoms in total. The predicted molar refractivity (Wildman–Crippen MR) is 111 cm³/mol. The molecule has 1 saturated heterocycles. The molecule has 2 aliphatic heterocycles. The van der Waals surface area contributed by atoms with Crippen LogP contribution >= 0.6 is 0 Å². The zero-order chi connectivity index (χ0) is 19.4. The highest BCUT2D eigenvalue weighted by Gasteiger charge is 2.31. The van der Waals surface area contributed by atoms with E-state index < -0.39 is 0 Å². The van der Waals surface area contributed by atoms with Gasteiger partial charge in [-0.15, -0.1) is 0 Å². The third kappa shape index (κ3) is 4.61. The number of aliphatic imine (C=N–C) groups is 1. The highest BCUT2D eigenvalue weighted by molar-refractivity contribution is 5.98. The summed E-state index contributed by atoms with van der Waals surface area (Å²) in [6.07, 6.45) is 0.925. The normalized spacial score (nSPS) is 23.0. The Labute approximate surface area is 163 Å². The summed E-state index contributed by atoms with van der Waals surface area (Å²) >= 11 is 0. The van der Waals surface area contributed by atoms with Crippen LogP contribution in [0.3, 0.4) is 0 Å². The van der Waals surface area contributed by atoms with Crippen LogP contribution in [0.5, 0.6) is 0 Å². The Kier molecular flexibility index (Phi) is 6.37. The number of carbonyl (C=O) groups excluding carboxylic acids is 1. The van der Waals surface area contributed by atoms with Crippen molar-refractivity contribution >= 4 is 17.6 Å². The molecule has 1 fully saturated rings. The van der Waals surface area contributed by atoms with E-state index in [1.807, 2.05) is 30.0 Å². The minimum atomic E-state index is 0.0560. The van der Waals surface area contributed by atoms with Gasteiger partial charge in [-0.05, 0) is 44.7 Å². The number of guanidine groups is 1. The van der Waals surface area contributed by atoms with Crippen LogP contribution in [-0.2, 0) is 11.2 Å². The van der Waals surface area contributed by atoms with Gasteiger partial charge in [-0.1, -0.05) is 25.1 Å². The number of hydrogen-bond acceptors (Lipinski definition) is 3. The van der Waals surface area contributed by atoms with E-state index in [0.29, 0.717) is 18.0 Å². The fraction of sp³-hybridized carbons (Fsp3) is 0.619.